The van der Waals surface area contributed by atoms with Gasteiger partial charge in [-0.05, 0) is 52.8 Å². The molecule has 1 fully saturated rings. The number of nitrogens with zero attached hydrogens (tertiary/aromatic N) is 2. The molecule has 0 amide bonds. The number of benzene rings is 2. The number of nitriles is 1. The van der Waals surface area contributed by atoms with Gasteiger partial charge in [0.2, 0.25) is 0 Å². The van der Waals surface area contributed by atoms with Gasteiger partial charge in [0.25, 0.3) is 10.0 Å². The zero-order chi connectivity index (χ0) is 21.9. The lowest BCUT2D eigenvalue weighted by atomic mass is 9.77. The second kappa shape index (κ2) is 6.71. The molecule has 0 bridgehead atoms. The predicted octanol–water partition coefficient (Wildman–Crippen LogP) is 3.36. The first kappa shape index (κ1) is 20.7. The fourth-order valence-electron chi connectivity index (χ4n) is 3.80. The largest absolute Gasteiger partial charge is 0.497 e. The average molecular weight is 422 g/mol. The Morgan fingerprint density at radius 1 is 0.967 bits per heavy atom. The minimum Gasteiger partial charge on any atom is -0.399 e. The molecule has 0 unspecified atom stereocenters. The van der Waals surface area contributed by atoms with E-state index in [4.69, 9.17) is 9.31 Å². The summed E-state index contributed by atoms with van der Waals surface area (Å²) in [5.74, 6) is 0. The van der Waals surface area contributed by atoms with Crippen LogP contribution in [0, 0.1) is 18.3 Å². The molecule has 1 saturated heterocycles. The van der Waals surface area contributed by atoms with Gasteiger partial charge in [0, 0.05) is 16.5 Å². The summed E-state index contributed by atoms with van der Waals surface area (Å²) in [6, 6.07) is 15.5. The van der Waals surface area contributed by atoms with Crippen LogP contribution in [0.1, 0.15) is 39.0 Å². The molecule has 3 aromatic rings. The molecule has 0 aliphatic carbocycles. The molecule has 8 heteroatoms. The summed E-state index contributed by atoms with van der Waals surface area (Å²) >= 11 is 0. The molecule has 0 saturated carbocycles. The standard InChI is InChI=1S/C22H23BN2O4S/c1-15-19(23-28-21(2,3)22(4,5)29-23)18-13-9-10-16(14-24)20(18)25(15)30(26,27)17-11-7-6-8-12-17/h6-13H,1-5H3. The third-order valence-electron chi connectivity index (χ3n) is 6.11. The fraction of sp³-hybridized carbons (Fsp3) is 0.318. The van der Waals surface area contributed by atoms with Crippen molar-refractivity contribution in [2.75, 3.05) is 0 Å². The Balaban J connectivity index is 2.05. The van der Waals surface area contributed by atoms with Gasteiger partial charge in [-0.25, -0.2) is 12.4 Å². The molecule has 0 atom stereocenters. The van der Waals surface area contributed by atoms with E-state index in [0.29, 0.717) is 22.1 Å². The van der Waals surface area contributed by atoms with Crippen LogP contribution in [0.3, 0.4) is 0 Å². The van der Waals surface area contributed by atoms with Crippen molar-refractivity contribution in [3.05, 3.63) is 59.8 Å². The van der Waals surface area contributed by atoms with Crippen LogP contribution < -0.4 is 5.46 Å². The monoisotopic (exact) mass is 422 g/mol. The van der Waals surface area contributed by atoms with Crippen LogP contribution in [0.25, 0.3) is 10.9 Å². The number of hydrogen-bond donors (Lipinski definition) is 0. The van der Waals surface area contributed by atoms with Crippen LogP contribution in [-0.2, 0) is 19.3 Å². The van der Waals surface area contributed by atoms with Crippen LogP contribution in [-0.4, -0.2) is 30.7 Å². The second-order valence-corrected chi connectivity index (χ2v) is 10.3. The van der Waals surface area contributed by atoms with Gasteiger partial charge in [-0.3, -0.25) is 0 Å². The summed E-state index contributed by atoms with van der Waals surface area (Å²) < 4.78 is 40.9. The van der Waals surface area contributed by atoms with Crippen molar-refractivity contribution in [1.82, 2.24) is 3.97 Å². The highest BCUT2D eigenvalue weighted by Gasteiger charge is 2.53. The van der Waals surface area contributed by atoms with Gasteiger partial charge >= 0.3 is 7.12 Å². The lowest BCUT2D eigenvalue weighted by Crippen LogP contribution is -2.41. The minimum absolute atomic E-state index is 0.151. The van der Waals surface area contributed by atoms with Crippen LogP contribution >= 0.6 is 0 Å². The van der Waals surface area contributed by atoms with Crippen molar-refractivity contribution >= 4 is 33.5 Å². The lowest BCUT2D eigenvalue weighted by Gasteiger charge is -2.32. The van der Waals surface area contributed by atoms with Crippen molar-refractivity contribution in [3.8, 4) is 6.07 Å². The Labute approximate surface area is 177 Å². The third kappa shape index (κ3) is 2.89. The highest BCUT2D eigenvalue weighted by molar-refractivity contribution is 7.90. The Kier molecular flexibility index (Phi) is 4.62. The summed E-state index contributed by atoms with van der Waals surface area (Å²) in [5.41, 5.74) is 0.548. The molecular weight excluding hydrogens is 399 g/mol. The lowest BCUT2D eigenvalue weighted by molar-refractivity contribution is 0.00578. The first-order valence-electron chi connectivity index (χ1n) is 9.71. The minimum atomic E-state index is -3.94. The second-order valence-electron chi connectivity index (χ2n) is 8.48. The van der Waals surface area contributed by atoms with Gasteiger partial charge in [0.15, 0.2) is 0 Å². The summed E-state index contributed by atoms with van der Waals surface area (Å²) in [6.45, 7) is 9.51. The maximum Gasteiger partial charge on any atom is 0.497 e. The Hall–Kier alpha value is -2.60. The summed E-state index contributed by atoms with van der Waals surface area (Å²) in [6.07, 6.45) is 0. The predicted molar refractivity (Wildman–Crippen MR) is 116 cm³/mol. The van der Waals surface area contributed by atoms with Gasteiger partial charge in [-0.1, -0.05) is 30.3 Å². The Morgan fingerprint density at radius 2 is 1.57 bits per heavy atom. The molecule has 2 heterocycles. The third-order valence-corrected chi connectivity index (χ3v) is 7.92. The van der Waals surface area contributed by atoms with Crippen molar-refractivity contribution in [2.45, 2.75) is 50.7 Å². The normalized spacial score (nSPS) is 17.9. The smallest absolute Gasteiger partial charge is 0.399 e. The van der Waals surface area contributed by atoms with E-state index in [1.807, 2.05) is 27.7 Å². The summed E-state index contributed by atoms with van der Waals surface area (Å²) in [4.78, 5) is 0.151. The molecule has 1 aromatic heterocycles. The highest BCUT2D eigenvalue weighted by atomic mass is 32.2. The molecule has 1 aliphatic heterocycles. The zero-order valence-electron chi connectivity index (χ0n) is 17.6. The maximum atomic E-state index is 13.6. The number of para-hydroxylation sites is 1. The maximum absolute atomic E-state index is 13.6. The van der Waals surface area contributed by atoms with E-state index >= 15 is 0 Å². The first-order chi connectivity index (χ1) is 14.0. The van der Waals surface area contributed by atoms with Crippen LogP contribution in [0.4, 0.5) is 0 Å². The highest BCUT2D eigenvalue weighted by Crippen LogP contribution is 2.38. The van der Waals surface area contributed by atoms with Crippen LogP contribution in [0.2, 0.25) is 0 Å². The Bertz CT molecular complexity index is 1270. The van der Waals surface area contributed by atoms with Gasteiger partial charge in [-0.2, -0.15) is 5.26 Å². The molecule has 2 aromatic carbocycles. The van der Waals surface area contributed by atoms with E-state index in [0.717, 1.165) is 0 Å². The number of rotatable bonds is 3. The van der Waals surface area contributed by atoms with E-state index in [1.54, 1.807) is 55.5 Å². The molecule has 4 rings (SSSR count). The van der Waals surface area contributed by atoms with E-state index in [2.05, 4.69) is 6.07 Å². The van der Waals surface area contributed by atoms with E-state index in [1.165, 1.54) is 3.97 Å². The van der Waals surface area contributed by atoms with E-state index in [9.17, 15) is 13.7 Å². The number of hydrogen-bond acceptors (Lipinski definition) is 5. The fourth-order valence-corrected chi connectivity index (χ4v) is 5.41. The van der Waals surface area contributed by atoms with E-state index in [-0.39, 0.29) is 10.5 Å². The SMILES string of the molecule is Cc1c(B2OC(C)(C)C(C)(C)O2)c2cccc(C#N)c2n1S(=O)(=O)c1ccccc1. The van der Waals surface area contributed by atoms with Gasteiger partial charge < -0.3 is 9.31 Å². The molecule has 30 heavy (non-hydrogen) atoms. The van der Waals surface area contributed by atoms with Crippen molar-refractivity contribution in [3.63, 3.8) is 0 Å². The summed E-state index contributed by atoms with van der Waals surface area (Å²) in [5, 5.41) is 10.3. The van der Waals surface area contributed by atoms with Crippen molar-refractivity contribution in [1.29, 1.82) is 5.26 Å². The average Bonchev–Trinajstić information content (AvgIpc) is 3.10. The quantitative estimate of drug-likeness (QED) is 0.605. The van der Waals surface area contributed by atoms with E-state index < -0.39 is 28.3 Å². The zero-order valence-corrected chi connectivity index (χ0v) is 18.4. The molecule has 0 N–H and O–H groups in total. The van der Waals surface area contributed by atoms with Gasteiger partial charge in [-0.15, -0.1) is 0 Å². The molecule has 0 spiro atoms. The van der Waals surface area contributed by atoms with Gasteiger partial charge in [0.05, 0.1) is 27.2 Å². The molecule has 1 aliphatic rings. The Morgan fingerprint density at radius 3 is 2.13 bits per heavy atom. The molecule has 0 radical (unpaired) electrons. The summed E-state index contributed by atoms with van der Waals surface area (Å²) in [7, 11) is -4.69. The topological polar surface area (TPSA) is 81.3 Å². The number of aromatic nitrogens is 1. The van der Waals surface area contributed by atoms with Crippen molar-refractivity contribution < 1.29 is 17.7 Å². The molecular formula is C22H23BN2O4S. The van der Waals surface area contributed by atoms with Crippen LogP contribution in [0.15, 0.2) is 53.4 Å². The first-order valence-corrected chi connectivity index (χ1v) is 11.2. The number of fused-ring (bicyclic) bond motifs is 1. The molecule has 154 valence electrons. The van der Waals surface area contributed by atoms with Crippen molar-refractivity contribution in [2.24, 2.45) is 0 Å². The van der Waals surface area contributed by atoms with Gasteiger partial charge in [0.1, 0.15) is 6.07 Å². The van der Waals surface area contributed by atoms with Crippen LogP contribution in [0.5, 0.6) is 0 Å². The molecule has 6 nitrogen and oxygen atoms in total.